The summed E-state index contributed by atoms with van der Waals surface area (Å²) in [5, 5.41) is 9.26. The first-order valence-electron chi connectivity index (χ1n) is 5.26. The Bertz CT molecular complexity index is 342. The molecule has 0 aliphatic carbocycles. The van der Waals surface area contributed by atoms with Crippen molar-refractivity contribution in [3.8, 4) is 0 Å². The van der Waals surface area contributed by atoms with Crippen LogP contribution in [0.25, 0.3) is 0 Å². The van der Waals surface area contributed by atoms with Gasteiger partial charge in [0.1, 0.15) is 5.82 Å². The fourth-order valence-electron chi connectivity index (χ4n) is 2.40. The van der Waals surface area contributed by atoms with Crippen LogP contribution in [0.2, 0.25) is 0 Å². The van der Waals surface area contributed by atoms with Gasteiger partial charge < -0.3 is 10.0 Å². The van der Waals surface area contributed by atoms with E-state index in [1.54, 1.807) is 6.07 Å². The van der Waals surface area contributed by atoms with Crippen molar-refractivity contribution in [2.24, 2.45) is 5.92 Å². The molecule has 1 heterocycles. The standard InChI is InChI=1S/C12H16FNO/c1-14-6-9(8-15)11(7-14)10-4-2-3-5-12(10)13/h2-5,9,11,15H,6-8H2,1H3/t9-,11+/m1/s1. The first-order valence-corrected chi connectivity index (χ1v) is 5.26. The van der Waals surface area contributed by atoms with Crippen LogP contribution in [0.15, 0.2) is 24.3 Å². The lowest BCUT2D eigenvalue weighted by atomic mass is 9.89. The molecular formula is C12H16FNO. The highest BCUT2D eigenvalue weighted by Crippen LogP contribution is 2.32. The Morgan fingerprint density at radius 2 is 2.13 bits per heavy atom. The van der Waals surface area contributed by atoms with Gasteiger partial charge in [-0.1, -0.05) is 18.2 Å². The van der Waals surface area contributed by atoms with Crippen LogP contribution in [-0.2, 0) is 0 Å². The minimum Gasteiger partial charge on any atom is -0.396 e. The molecule has 1 aromatic carbocycles. The second-order valence-corrected chi connectivity index (χ2v) is 4.29. The fourth-order valence-corrected chi connectivity index (χ4v) is 2.40. The van der Waals surface area contributed by atoms with Gasteiger partial charge in [-0.15, -0.1) is 0 Å². The molecule has 0 radical (unpaired) electrons. The maximum atomic E-state index is 13.6. The second-order valence-electron chi connectivity index (χ2n) is 4.29. The van der Waals surface area contributed by atoms with Gasteiger partial charge in [-0.3, -0.25) is 0 Å². The Balaban J connectivity index is 2.26. The minimum absolute atomic E-state index is 0.126. The molecule has 0 saturated carbocycles. The molecule has 3 heteroatoms. The van der Waals surface area contributed by atoms with Gasteiger partial charge in [0, 0.05) is 31.5 Å². The number of aliphatic hydroxyl groups excluding tert-OH is 1. The van der Waals surface area contributed by atoms with E-state index in [0.717, 1.165) is 18.7 Å². The molecule has 15 heavy (non-hydrogen) atoms. The highest BCUT2D eigenvalue weighted by Gasteiger charge is 2.32. The third-order valence-electron chi connectivity index (χ3n) is 3.16. The number of likely N-dealkylation sites (tertiary alicyclic amines) is 1. The summed E-state index contributed by atoms with van der Waals surface area (Å²) >= 11 is 0. The molecule has 2 nitrogen and oxygen atoms in total. The number of nitrogens with zero attached hydrogens (tertiary/aromatic N) is 1. The van der Waals surface area contributed by atoms with Gasteiger partial charge in [0.25, 0.3) is 0 Å². The van der Waals surface area contributed by atoms with Gasteiger partial charge in [-0.25, -0.2) is 4.39 Å². The summed E-state index contributed by atoms with van der Waals surface area (Å²) in [5.41, 5.74) is 0.737. The number of aliphatic hydroxyl groups is 1. The van der Waals surface area contributed by atoms with E-state index in [1.165, 1.54) is 6.07 Å². The first kappa shape index (κ1) is 10.6. The summed E-state index contributed by atoms with van der Waals surface area (Å²) in [6, 6.07) is 6.86. The molecule has 0 amide bonds. The van der Waals surface area contributed by atoms with Crippen molar-refractivity contribution < 1.29 is 9.50 Å². The van der Waals surface area contributed by atoms with Crippen LogP contribution in [0.5, 0.6) is 0 Å². The quantitative estimate of drug-likeness (QED) is 0.797. The number of rotatable bonds is 2. The molecule has 1 N–H and O–H groups in total. The Hall–Kier alpha value is -0.930. The van der Waals surface area contributed by atoms with Crippen LogP contribution in [0.1, 0.15) is 11.5 Å². The summed E-state index contributed by atoms with van der Waals surface area (Å²) in [7, 11) is 2.00. The monoisotopic (exact) mass is 209 g/mol. The SMILES string of the molecule is CN1C[C@H](CO)[C@@H](c2ccccc2F)C1. The number of benzene rings is 1. The molecule has 2 rings (SSSR count). The zero-order valence-corrected chi connectivity index (χ0v) is 8.86. The first-order chi connectivity index (χ1) is 7.22. The summed E-state index contributed by atoms with van der Waals surface area (Å²) < 4.78 is 13.6. The lowest BCUT2D eigenvalue weighted by Gasteiger charge is -2.16. The Morgan fingerprint density at radius 3 is 2.80 bits per heavy atom. The smallest absolute Gasteiger partial charge is 0.126 e. The van der Waals surface area contributed by atoms with Crippen LogP contribution < -0.4 is 0 Å². The van der Waals surface area contributed by atoms with Gasteiger partial charge in [-0.05, 0) is 18.7 Å². The molecule has 1 aliphatic rings. The number of hydrogen-bond acceptors (Lipinski definition) is 2. The van der Waals surface area contributed by atoms with Crippen molar-refractivity contribution in [1.82, 2.24) is 4.90 Å². The Labute approximate surface area is 89.3 Å². The van der Waals surface area contributed by atoms with Crippen molar-refractivity contribution in [1.29, 1.82) is 0 Å². The van der Waals surface area contributed by atoms with E-state index in [2.05, 4.69) is 4.90 Å². The Kier molecular flexibility index (Phi) is 3.03. The molecule has 0 bridgehead atoms. The second kappa shape index (κ2) is 4.29. The van der Waals surface area contributed by atoms with Crippen LogP contribution >= 0.6 is 0 Å². The summed E-state index contributed by atoms with van der Waals surface area (Å²) in [5.74, 6) is 0.129. The van der Waals surface area contributed by atoms with E-state index in [1.807, 2.05) is 19.2 Å². The van der Waals surface area contributed by atoms with Crippen molar-refractivity contribution in [2.75, 3.05) is 26.7 Å². The Morgan fingerprint density at radius 1 is 1.40 bits per heavy atom. The lowest BCUT2D eigenvalue weighted by molar-refractivity contribution is 0.218. The van der Waals surface area contributed by atoms with Gasteiger partial charge in [0.05, 0.1) is 0 Å². The van der Waals surface area contributed by atoms with E-state index < -0.39 is 0 Å². The van der Waals surface area contributed by atoms with Gasteiger partial charge in [-0.2, -0.15) is 0 Å². The van der Waals surface area contributed by atoms with Crippen LogP contribution in [0.4, 0.5) is 4.39 Å². The maximum Gasteiger partial charge on any atom is 0.126 e. The largest absolute Gasteiger partial charge is 0.396 e. The van der Waals surface area contributed by atoms with E-state index in [-0.39, 0.29) is 24.3 Å². The van der Waals surface area contributed by atoms with Crippen molar-refractivity contribution in [3.63, 3.8) is 0 Å². The lowest BCUT2D eigenvalue weighted by Crippen LogP contribution is -2.16. The molecule has 1 aliphatic heterocycles. The molecule has 0 spiro atoms. The molecule has 2 atom stereocenters. The summed E-state index contributed by atoms with van der Waals surface area (Å²) in [6.45, 7) is 1.80. The third-order valence-corrected chi connectivity index (χ3v) is 3.16. The average Bonchev–Trinajstić information content (AvgIpc) is 2.60. The highest BCUT2D eigenvalue weighted by molar-refractivity contribution is 5.24. The third kappa shape index (κ3) is 2.03. The molecule has 0 aromatic heterocycles. The van der Waals surface area contributed by atoms with E-state index in [9.17, 15) is 9.50 Å². The van der Waals surface area contributed by atoms with E-state index in [0.29, 0.717) is 0 Å². The van der Waals surface area contributed by atoms with Crippen LogP contribution in [0.3, 0.4) is 0 Å². The molecule has 1 saturated heterocycles. The average molecular weight is 209 g/mol. The number of halogens is 1. The van der Waals surface area contributed by atoms with Crippen LogP contribution in [-0.4, -0.2) is 36.8 Å². The molecule has 1 fully saturated rings. The number of hydrogen-bond donors (Lipinski definition) is 1. The normalized spacial score (nSPS) is 27.1. The van der Waals surface area contributed by atoms with Gasteiger partial charge in [0.15, 0.2) is 0 Å². The van der Waals surface area contributed by atoms with Crippen molar-refractivity contribution >= 4 is 0 Å². The fraction of sp³-hybridized carbons (Fsp3) is 0.500. The topological polar surface area (TPSA) is 23.5 Å². The predicted molar refractivity (Wildman–Crippen MR) is 57.2 cm³/mol. The molecular weight excluding hydrogens is 193 g/mol. The maximum absolute atomic E-state index is 13.6. The zero-order valence-electron chi connectivity index (χ0n) is 8.86. The van der Waals surface area contributed by atoms with Gasteiger partial charge in [0.2, 0.25) is 0 Å². The number of likely N-dealkylation sites (N-methyl/N-ethyl adjacent to an activating group) is 1. The van der Waals surface area contributed by atoms with Gasteiger partial charge >= 0.3 is 0 Å². The minimum atomic E-state index is -0.156. The zero-order chi connectivity index (χ0) is 10.8. The molecule has 0 unspecified atom stereocenters. The predicted octanol–water partition coefficient (Wildman–Crippen LogP) is 1.46. The van der Waals surface area contributed by atoms with Crippen molar-refractivity contribution in [3.05, 3.63) is 35.6 Å². The molecule has 82 valence electrons. The summed E-state index contributed by atoms with van der Waals surface area (Å²) in [4.78, 5) is 2.14. The van der Waals surface area contributed by atoms with Crippen molar-refractivity contribution in [2.45, 2.75) is 5.92 Å². The van der Waals surface area contributed by atoms with Crippen LogP contribution in [0, 0.1) is 11.7 Å². The molecule has 1 aromatic rings. The highest BCUT2D eigenvalue weighted by atomic mass is 19.1. The van der Waals surface area contributed by atoms with E-state index in [4.69, 9.17) is 0 Å². The summed E-state index contributed by atoms with van der Waals surface area (Å²) in [6.07, 6.45) is 0. The van der Waals surface area contributed by atoms with E-state index >= 15 is 0 Å².